The van der Waals surface area contributed by atoms with Crippen LogP contribution in [-0.4, -0.2) is 58.6 Å². The molecule has 2 aromatic heterocycles. The Bertz CT molecular complexity index is 2030. The summed E-state index contributed by atoms with van der Waals surface area (Å²) in [5.41, 5.74) is 3.01. The Morgan fingerprint density at radius 2 is 1.89 bits per heavy atom. The van der Waals surface area contributed by atoms with Gasteiger partial charge < -0.3 is 20.1 Å². The molecule has 1 fully saturated rings. The Morgan fingerprint density at radius 3 is 2.72 bits per heavy atom. The first kappa shape index (κ1) is 31.1. The third-order valence-corrected chi connectivity index (χ3v) is 9.13. The summed E-state index contributed by atoms with van der Waals surface area (Å²) in [4.78, 5) is 26.4. The van der Waals surface area contributed by atoms with Crippen LogP contribution in [0.1, 0.15) is 24.0 Å². The predicted octanol–water partition coefficient (Wildman–Crippen LogP) is 6.94. The van der Waals surface area contributed by atoms with Crippen LogP contribution in [0.2, 0.25) is 5.02 Å². The zero-order valence-electron chi connectivity index (χ0n) is 24.9. The van der Waals surface area contributed by atoms with E-state index in [4.69, 9.17) is 21.3 Å². The van der Waals surface area contributed by atoms with Gasteiger partial charge in [0.2, 0.25) is 21.9 Å². The summed E-state index contributed by atoms with van der Waals surface area (Å²) in [7, 11) is -3.76. The highest BCUT2D eigenvalue weighted by Gasteiger charge is 2.24. The van der Waals surface area contributed by atoms with Gasteiger partial charge in [-0.3, -0.25) is 4.72 Å². The van der Waals surface area contributed by atoms with E-state index in [-0.39, 0.29) is 11.8 Å². The van der Waals surface area contributed by atoms with E-state index < -0.39 is 16.1 Å². The van der Waals surface area contributed by atoms with Gasteiger partial charge in [0.15, 0.2) is 0 Å². The van der Waals surface area contributed by atoms with Crippen LogP contribution in [0, 0.1) is 6.92 Å². The zero-order chi connectivity index (χ0) is 32.3. The number of fused-ring (bicyclic) bond motifs is 1. The molecule has 1 saturated heterocycles. The van der Waals surface area contributed by atoms with Crippen molar-refractivity contribution in [2.45, 2.75) is 31.6 Å². The lowest BCUT2D eigenvalue weighted by Crippen LogP contribution is -2.44. The van der Waals surface area contributed by atoms with E-state index in [1.807, 2.05) is 31.2 Å². The van der Waals surface area contributed by atoms with Gasteiger partial charge in [-0.05, 0) is 67.3 Å². The maximum absolute atomic E-state index is 13.1. The van der Waals surface area contributed by atoms with Gasteiger partial charge in [0.05, 0.1) is 22.7 Å². The Hall–Kier alpha value is -4.94. The van der Waals surface area contributed by atoms with Crippen LogP contribution >= 0.6 is 11.6 Å². The number of carboxylic acid groups (broad SMARTS) is 1. The number of anilines is 2. The maximum Gasteiger partial charge on any atom is 0.407 e. The fraction of sp³-hybridized carbons (Fsp3) is 0.212. The number of piperidine rings is 1. The van der Waals surface area contributed by atoms with Gasteiger partial charge in [-0.1, -0.05) is 48.0 Å². The molecule has 3 N–H and O–H groups in total. The quantitative estimate of drug-likeness (QED) is 0.153. The molecular formula is C33H31ClN6O5S. The predicted molar refractivity (Wildman–Crippen MR) is 178 cm³/mol. The molecule has 3 heterocycles. The van der Waals surface area contributed by atoms with Crippen LogP contribution in [0.5, 0.6) is 11.6 Å². The molecule has 1 unspecified atom stereocenters. The number of aryl methyl sites for hydroxylation is 1. The number of hydrogen-bond donors (Lipinski definition) is 3. The molecule has 5 aromatic rings. The molecule has 46 heavy (non-hydrogen) atoms. The van der Waals surface area contributed by atoms with Crippen molar-refractivity contribution in [2.75, 3.05) is 23.1 Å². The third-order valence-electron chi connectivity index (χ3n) is 7.65. The molecular weight excluding hydrogens is 628 g/mol. The van der Waals surface area contributed by atoms with Crippen molar-refractivity contribution in [1.82, 2.24) is 19.9 Å². The normalized spacial score (nSPS) is 15.0. The van der Waals surface area contributed by atoms with Crippen molar-refractivity contribution < 1.29 is 23.1 Å². The number of aromatic nitrogens is 3. The lowest BCUT2D eigenvalue weighted by molar-refractivity contribution is 0.132. The zero-order valence-corrected chi connectivity index (χ0v) is 26.4. The largest absolute Gasteiger partial charge is 0.465 e. The molecule has 1 amide bonds. The number of ether oxygens (including phenoxy) is 1. The van der Waals surface area contributed by atoms with Gasteiger partial charge >= 0.3 is 6.09 Å². The second-order valence-electron chi connectivity index (χ2n) is 11.0. The summed E-state index contributed by atoms with van der Waals surface area (Å²) in [6.07, 6.45) is 3.86. The minimum atomic E-state index is -3.76. The SMILES string of the molecule is Cc1ccc2c(NS(=O)(=O)Cc3cccc(Cl)c3)cccc2c1Oc1ncccc1-c1ccnc(NC2CCCN(C(=O)O)C2)n1. The van der Waals surface area contributed by atoms with Crippen molar-refractivity contribution in [3.8, 4) is 22.9 Å². The van der Waals surface area contributed by atoms with E-state index in [1.165, 1.54) is 4.90 Å². The molecule has 13 heteroatoms. The Kier molecular flexibility index (Phi) is 8.91. The fourth-order valence-corrected chi connectivity index (χ4v) is 6.92. The highest BCUT2D eigenvalue weighted by Crippen LogP contribution is 2.39. The average Bonchev–Trinajstić information content (AvgIpc) is 3.02. The highest BCUT2D eigenvalue weighted by atomic mass is 35.5. The van der Waals surface area contributed by atoms with Crippen molar-refractivity contribution in [1.29, 1.82) is 0 Å². The number of hydrogen-bond acceptors (Lipinski definition) is 8. The number of likely N-dealkylation sites (tertiary alicyclic amines) is 1. The number of halogens is 1. The summed E-state index contributed by atoms with van der Waals surface area (Å²) in [5, 5.41) is 14.5. The van der Waals surface area contributed by atoms with Crippen LogP contribution in [0.25, 0.3) is 22.0 Å². The number of nitrogens with one attached hydrogen (secondary N) is 2. The Balaban J connectivity index is 1.28. The van der Waals surface area contributed by atoms with Gasteiger partial charge in [-0.2, -0.15) is 0 Å². The topological polar surface area (TPSA) is 147 Å². The first-order chi connectivity index (χ1) is 22.1. The minimum Gasteiger partial charge on any atom is -0.465 e. The van der Waals surface area contributed by atoms with Gasteiger partial charge in [0, 0.05) is 47.3 Å². The molecule has 3 aromatic carbocycles. The number of pyridine rings is 1. The third kappa shape index (κ3) is 7.13. The van der Waals surface area contributed by atoms with Crippen molar-refractivity contribution in [3.63, 3.8) is 0 Å². The van der Waals surface area contributed by atoms with Crippen LogP contribution in [0.3, 0.4) is 0 Å². The minimum absolute atomic E-state index is 0.111. The van der Waals surface area contributed by atoms with Gasteiger partial charge in [-0.25, -0.2) is 28.2 Å². The molecule has 0 bridgehead atoms. The molecule has 0 aliphatic carbocycles. The molecule has 0 spiro atoms. The maximum atomic E-state index is 13.1. The summed E-state index contributed by atoms with van der Waals surface area (Å²) < 4.78 is 35.5. The van der Waals surface area contributed by atoms with Crippen LogP contribution in [0.4, 0.5) is 16.4 Å². The van der Waals surface area contributed by atoms with Crippen molar-refractivity contribution in [3.05, 3.63) is 101 Å². The smallest absolute Gasteiger partial charge is 0.407 e. The molecule has 236 valence electrons. The number of sulfonamides is 1. The molecule has 0 saturated carbocycles. The first-order valence-corrected chi connectivity index (χ1v) is 16.7. The number of amides is 1. The molecule has 11 nitrogen and oxygen atoms in total. The lowest BCUT2D eigenvalue weighted by Gasteiger charge is -2.31. The Morgan fingerprint density at radius 1 is 1.04 bits per heavy atom. The summed E-state index contributed by atoms with van der Waals surface area (Å²) in [5.74, 6) is 0.979. The molecule has 6 rings (SSSR count). The van der Waals surface area contributed by atoms with Gasteiger partial charge in [-0.15, -0.1) is 0 Å². The average molecular weight is 659 g/mol. The second-order valence-corrected chi connectivity index (χ2v) is 13.2. The summed E-state index contributed by atoms with van der Waals surface area (Å²) in [6.45, 7) is 2.77. The van der Waals surface area contributed by atoms with Gasteiger partial charge in [0.25, 0.3) is 0 Å². The number of benzene rings is 3. The number of carbonyl (C=O) groups is 1. The monoisotopic (exact) mass is 658 g/mol. The van der Waals surface area contributed by atoms with E-state index in [2.05, 4.69) is 20.0 Å². The molecule has 1 aliphatic rings. The van der Waals surface area contributed by atoms with Gasteiger partial charge in [0.1, 0.15) is 5.75 Å². The van der Waals surface area contributed by atoms with E-state index >= 15 is 0 Å². The highest BCUT2D eigenvalue weighted by molar-refractivity contribution is 7.91. The lowest BCUT2D eigenvalue weighted by atomic mass is 10.0. The van der Waals surface area contributed by atoms with Crippen molar-refractivity contribution in [2.24, 2.45) is 0 Å². The van der Waals surface area contributed by atoms with Crippen molar-refractivity contribution >= 4 is 50.1 Å². The number of nitrogens with zero attached hydrogens (tertiary/aromatic N) is 4. The van der Waals surface area contributed by atoms with Crippen LogP contribution in [0.15, 0.2) is 85.2 Å². The number of rotatable bonds is 9. The first-order valence-electron chi connectivity index (χ1n) is 14.6. The Labute approximate surface area is 271 Å². The van der Waals surface area contributed by atoms with Crippen LogP contribution in [-0.2, 0) is 15.8 Å². The standard InChI is InChI=1S/C33H31ClN6O5S/c1-21-12-13-25-26(9-3-11-29(25)39-46(43,44)20-22-6-2-7-23(34)18-22)30(21)45-31-27(10-4-15-35-31)28-14-16-36-32(38-28)37-24-8-5-17-40(19-24)33(41)42/h2-4,6-7,9-16,18,24,39H,5,8,17,19-20H2,1H3,(H,41,42)(H,36,37,38). The molecule has 1 atom stereocenters. The van der Waals surface area contributed by atoms with E-state index in [0.717, 1.165) is 18.4 Å². The van der Waals surface area contributed by atoms with E-state index in [9.17, 15) is 18.3 Å². The molecule has 1 aliphatic heterocycles. The van der Waals surface area contributed by atoms with E-state index in [0.29, 0.717) is 69.0 Å². The summed E-state index contributed by atoms with van der Waals surface area (Å²) in [6, 6.07) is 21.1. The molecule has 0 radical (unpaired) electrons. The summed E-state index contributed by atoms with van der Waals surface area (Å²) >= 11 is 6.06. The second kappa shape index (κ2) is 13.2. The fourth-order valence-electron chi connectivity index (χ4n) is 5.51. The van der Waals surface area contributed by atoms with E-state index in [1.54, 1.807) is 60.9 Å². The van der Waals surface area contributed by atoms with Crippen LogP contribution < -0.4 is 14.8 Å².